The molecule has 0 radical (unpaired) electrons. The zero-order chi connectivity index (χ0) is 29.7. The Bertz CT molecular complexity index is 1250. The number of hydrogen-bond donors (Lipinski definition) is 0. The molecule has 0 aliphatic heterocycles. The Hall–Kier alpha value is -2.80. The highest BCUT2D eigenvalue weighted by Gasteiger charge is 2.77. The summed E-state index contributed by atoms with van der Waals surface area (Å²) < 4.78 is 199. The predicted molar refractivity (Wildman–Crippen MR) is 100 cm³/mol. The molecule has 20 heteroatoms. The first-order valence-electron chi connectivity index (χ1n) is 9.71. The molecule has 0 aliphatic carbocycles. The van der Waals surface area contributed by atoms with Gasteiger partial charge in [-0.3, -0.25) is 0 Å². The van der Waals surface area contributed by atoms with Crippen molar-refractivity contribution in [2.45, 2.75) is 48.1 Å². The van der Waals surface area contributed by atoms with Gasteiger partial charge in [0.2, 0.25) is 0 Å². The van der Waals surface area contributed by atoms with E-state index in [-0.39, 0.29) is 10.8 Å². The topological polar surface area (TPSA) is 74.1 Å². The molecule has 2 aromatic heterocycles. The van der Waals surface area contributed by atoms with E-state index in [0.717, 1.165) is 6.92 Å². The third kappa shape index (κ3) is 5.49. The summed E-state index contributed by atoms with van der Waals surface area (Å²) >= 11 is 0. The van der Waals surface area contributed by atoms with Crippen LogP contribution in [0.15, 0.2) is 23.4 Å². The molecule has 0 fully saturated rings. The molecule has 1 atom stereocenters. The maximum Gasteiger partial charge on any atom is 0.456 e. The first-order chi connectivity index (χ1) is 16.9. The number of pyridine rings is 1. The summed E-state index contributed by atoms with van der Waals surface area (Å²) in [7, 11) is -3.92. The minimum Gasteiger partial charge on any atom is -0.485 e. The molecule has 0 aliphatic rings. The van der Waals surface area contributed by atoms with Gasteiger partial charge < -0.3 is 9.30 Å². The molecular weight excluding hydrogens is 585 g/mol. The number of hydrogen-bond acceptors (Lipinski definition) is 5. The minimum atomic E-state index is -6.79. The lowest BCUT2D eigenvalue weighted by molar-refractivity contribution is -0.359. The average molecular weight is 599 g/mol. The lowest BCUT2D eigenvalue weighted by atomic mass is 9.96. The Balaban J connectivity index is 2.64. The lowest BCUT2D eigenvalue weighted by Crippen LogP contribution is -2.56. The van der Waals surface area contributed by atoms with Crippen LogP contribution in [-0.4, -0.2) is 65.4 Å². The van der Waals surface area contributed by atoms with Crippen molar-refractivity contribution in [1.82, 2.24) is 14.5 Å². The van der Waals surface area contributed by atoms with Crippen molar-refractivity contribution >= 4 is 9.84 Å². The molecule has 2 rings (SSSR count). The van der Waals surface area contributed by atoms with Gasteiger partial charge in [-0.2, -0.15) is 48.3 Å². The monoisotopic (exact) mass is 599 g/mol. The van der Waals surface area contributed by atoms with E-state index in [9.17, 15) is 65.5 Å². The van der Waals surface area contributed by atoms with Gasteiger partial charge in [-0.1, -0.05) is 6.92 Å². The summed E-state index contributed by atoms with van der Waals surface area (Å²) in [5.41, 5.74) is -8.95. The second kappa shape index (κ2) is 9.74. The molecule has 2 aromatic rings. The highest BCUT2D eigenvalue weighted by atomic mass is 32.2. The van der Waals surface area contributed by atoms with Crippen molar-refractivity contribution in [3.8, 4) is 17.3 Å². The zero-order valence-corrected chi connectivity index (χ0v) is 19.4. The molecule has 0 spiro atoms. The molecule has 0 saturated carbocycles. The van der Waals surface area contributed by atoms with Gasteiger partial charge in [0.05, 0.1) is 23.8 Å². The van der Waals surface area contributed by atoms with Crippen LogP contribution >= 0.6 is 0 Å². The van der Waals surface area contributed by atoms with Crippen LogP contribution in [0.3, 0.4) is 0 Å². The van der Waals surface area contributed by atoms with E-state index in [1.165, 1.54) is 0 Å². The van der Waals surface area contributed by atoms with Gasteiger partial charge in [-0.25, -0.2) is 27.2 Å². The number of ether oxygens (including phenoxy) is 1. The van der Waals surface area contributed by atoms with E-state index in [1.54, 1.807) is 0 Å². The van der Waals surface area contributed by atoms with Crippen LogP contribution in [0.1, 0.15) is 18.8 Å². The third-order valence-corrected chi connectivity index (χ3v) is 6.79. The van der Waals surface area contributed by atoms with E-state index in [4.69, 9.17) is 0 Å². The molecule has 0 unspecified atom stereocenters. The number of aromatic nitrogens is 3. The van der Waals surface area contributed by atoms with Crippen LogP contribution in [0.25, 0.3) is 11.5 Å². The van der Waals surface area contributed by atoms with E-state index in [1.807, 2.05) is 0 Å². The van der Waals surface area contributed by atoms with E-state index in [0.29, 0.717) is 19.3 Å². The lowest BCUT2D eigenvalue weighted by Gasteiger charge is -2.32. The van der Waals surface area contributed by atoms with Crippen LogP contribution in [0.5, 0.6) is 5.75 Å². The van der Waals surface area contributed by atoms with Crippen molar-refractivity contribution in [2.24, 2.45) is 7.05 Å². The summed E-state index contributed by atoms with van der Waals surface area (Å²) in [6.07, 6.45) is -23.6. The Morgan fingerprint density at radius 2 is 1.42 bits per heavy atom. The minimum absolute atomic E-state index is 0.0458. The molecule has 0 bridgehead atoms. The van der Waals surface area contributed by atoms with E-state index >= 15 is 0 Å². The normalized spacial score (nSPS) is 15.0. The zero-order valence-electron chi connectivity index (χ0n) is 18.6. The van der Waals surface area contributed by atoms with Crippen LogP contribution < -0.4 is 4.74 Å². The largest absolute Gasteiger partial charge is 0.485 e. The van der Waals surface area contributed by atoms with Crippen molar-refractivity contribution < 1.29 is 70.2 Å². The Labute approximate surface area is 204 Å². The molecule has 0 aromatic carbocycles. The number of imidazole rings is 1. The third-order valence-electron chi connectivity index (χ3n) is 5.05. The van der Waals surface area contributed by atoms with Gasteiger partial charge in [0.25, 0.3) is 0 Å². The number of sulfone groups is 1. The highest BCUT2D eigenvalue weighted by molar-refractivity contribution is 7.91. The van der Waals surface area contributed by atoms with Crippen molar-refractivity contribution in [3.05, 3.63) is 24.2 Å². The van der Waals surface area contributed by atoms with Gasteiger partial charge in [0.15, 0.2) is 28.4 Å². The fraction of sp³-hybridized carbons (Fsp3) is 0.556. The van der Waals surface area contributed by atoms with Gasteiger partial charge in [-0.15, -0.1) is 0 Å². The Morgan fingerprint density at radius 3 is 1.87 bits per heavy atom. The molecule has 38 heavy (non-hydrogen) atoms. The Morgan fingerprint density at radius 1 is 0.895 bits per heavy atom. The molecule has 0 amide bonds. The number of nitrogens with zero attached hydrogens (tertiary/aromatic N) is 3. The second-order valence-electron chi connectivity index (χ2n) is 7.55. The average Bonchev–Trinajstić information content (AvgIpc) is 3.15. The number of alkyl halides is 13. The van der Waals surface area contributed by atoms with Crippen molar-refractivity contribution in [1.29, 1.82) is 0 Å². The first-order valence-corrected chi connectivity index (χ1v) is 11.4. The van der Waals surface area contributed by atoms with Crippen LogP contribution in [0.4, 0.5) is 57.1 Å². The van der Waals surface area contributed by atoms with Gasteiger partial charge in [0.1, 0.15) is 16.3 Å². The van der Waals surface area contributed by atoms with E-state index < -0.39 is 86.3 Å². The van der Waals surface area contributed by atoms with Gasteiger partial charge >= 0.3 is 30.1 Å². The predicted octanol–water partition coefficient (Wildman–Crippen LogP) is 5.70. The van der Waals surface area contributed by atoms with Crippen molar-refractivity contribution in [2.75, 3.05) is 12.4 Å². The summed E-state index contributed by atoms with van der Waals surface area (Å²) in [6, 6.07) is 0.389. The molecule has 2 heterocycles. The molecule has 0 N–H and O–H groups in total. The number of rotatable bonds is 8. The van der Waals surface area contributed by atoms with Gasteiger partial charge in [0, 0.05) is 13.1 Å². The Kier molecular flexibility index (Phi) is 8.06. The van der Waals surface area contributed by atoms with Crippen molar-refractivity contribution in [3.63, 3.8) is 0 Å². The summed E-state index contributed by atoms with van der Waals surface area (Å²) in [4.78, 5) is 5.74. The second-order valence-corrected chi connectivity index (χ2v) is 9.79. The van der Waals surface area contributed by atoms with Gasteiger partial charge in [-0.05, 0) is 0 Å². The fourth-order valence-electron chi connectivity index (χ4n) is 2.85. The summed E-state index contributed by atoms with van der Waals surface area (Å²) in [5.74, 6) is -8.05. The highest BCUT2D eigenvalue weighted by Crippen LogP contribution is 2.54. The maximum absolute atomic E-state index is 14.5. The summed E-state index contributed by atoms with van der Waals surface area (Å²) in [5, 5.41) is 0. The standard InChI is InChI=1S/C18H14F13N3O3S/c1-3-38(35,36)10-4-8(37-7-14(20,21)16(23,24)25)5-32-11(10)13-33-6-9(34(13)2)12(19)15(22,17(26,27)28)18(29,30)31/h4-6,12H,3,7H2,1-2H3/t12-/m0/s1. The van der Waals surface area contributed by atoms with Crippen LogP contribution in [-0.2, 0) is 16.9 Å². The van der Waals surface area contributed by atoms with E-state index in [2.05, 4.69) is 14.7 Å². The molecule has 0 saturated heterocycles. The summed E-state index contributed by atoms with van der Waals surface area (Å²) in [6.45, 7) is -1.29. The smallest absolute Gasteiger partial charge is 0.456 e. The van der Waals surface area contributed by atoms with Crippen LogP contribution in [0, 0.1) is 0 Å². The number of halogens is 13. The van der Waals surface area contributed by atoms with Crippen LogP contribution in [0.2, 0.25) is 0 Å². The molecule has 216 valence electrons. The fourth-order valence-corrected chi connectivity index (χ4v) is 3.90. The molecule has 6 nitrogen and oxygen atoms in total. The quantitative estimate of drug-likeness (QED) is 0.365. The molecular formula is C18H14F13N3O3S. The SMILES string of the molecule is CCS(=O)(=O)c1cc(OCC(F)(F)C(F)(F)F)cnc1-c1ncc([C@H](F)C(F)(C(F)(F)F)C(F)(F)F)n1C. The maximum atomic E-state index is 14.5. The first kappa shape index (κ1) is 31.4.